The fraction of sp³-hybridized carbons (Fsp3) is 0.529. The molecule has 0 aliphatic carbocycles. The molecule has 0 heterocycles. The molecule has 1 N–H and O–H groups in total. The summed E-state index contributed by atoms with van der Waals surface area (Å²) in [4.78, 5) is 4.19. The summed E-state index contributed by atoms with van der Waals surface area (Å²) in [5, 5.41) is 11.7. The summed E-state index contributed by atoms with van der Waals surface area (Å²) < 4.78 is 27.7. The van der Waals surface area contributed by atoms with Gasteiger partial charge in [-0.25, -0.2) is 13.4 Å². The summed E-state index contributed by atoms with van der Waals surface area (Å²) >= 11 is 13.8. The smallest absolute Gasteiger partial charge is 0.244 e. The third kappa shape index (κ3) is 6.84. The average Bonchev–Trinajstić information content (AvgIpc) is 2.63. The standard InChI is InChI=1S/C17H24Cl2N4O2S2/c1-4-6-8-23(9-7-5-2)27(24,25)16-11-13(18)15(10-14(16)19)22-17(26-3)21-12-20/h10-11H,4-9H2,1-3H3,(H,21,22). The van der Waals surface area contributed by atoms with E-state index in [1.807, 2.05) is 13.8 Å². The van der Waals surface area contributed by atoms with E-state index in [-0.39, 0.29) is 14.9 Å². The van der Waals surface area contributed by atoms with Crippen LogP contribution in [0, 0.1) is 11.5 Å². The van der Waals surface area contributed by atoms with E-state index in [2.05, 4.69) is 10.3 Å². The highest BCUT2D eigenvalue weighted by atomic mass is 35.5. The van der Waals surface area contributed by atoms with Crippen LogP contribution in [-0.2, 0) is 10.0 Å². The zero-order valence-electron chi connectivity index (χ0n) is 15.6. The molecule has 1 rings (SSSR count). The third-order valence-corrected chi connectivity index (χ3v) is 6.97. The predicted octanol–water partition coefficient (Wildman–Crippen LogP) is 5.01. The monoisotopic (exact) mass is 450 g/mol. The number of nitriles is 1. The predicted molar refractivity (Wildman–Crippen MR) is 114 cm³/mol. The first-order valence-corrected chi connectivity index (χ1v) is 12.0. The van der Waals surface area contributed by atoms with Crippen molar-refractivity contribution in [3.63, 3.8) is 0 Å². The summed E-state index contributed by atoms with van der Waals surface area (Å²) in [6, 6.07) is 2.73. The Balaban J connectivity index is 3.32. The Hall–Kier alpha value is -0.980. The minimum atomic E-state index is -3.76. The minimum absolute atomic E-state index is 0.0285. The highest BCUT2D eigenvalue weighted by molar-refractivity contribution is 8.13. The number of halogens is 2. The van der Waals surface area contributed by atoms with Gasteiger partial charge in [0, 0.05) is 13.1 Å². The lowest BCUT2D eigenvalue weighted by Gasteiger charge is -2.22. The van der Waals surface area contributed by atoms with E-state index in [9.17, 15) is 8.42 Å². The number of rotatable bonds is 9. The van der Waals surface area contributed by atoms with E-state index in [1.165, 1.54) is 28.2 Å². The van der Waals surface area contributed by atoms with Crippen molar-refractivity contribution in [2.45, 2.75) is 44.4 Å². The molecular formula is C17H24Cl2N4O2S2. The van der Waals surface area contributed by atoms with E-state index >= 15 is 0 Å². The highest BCUT2D eigenvalue weighted by Gasteiger charge is 2.27. The maximum Gasteiger partial charge on any atom is 0.244 e. The van der Waals surface area contributed by atoms with Gasteiger partial charge in [0.1, 0.15) is 4.90 Å². The summed E-state index contributed by atoms with van der Waals surface area (Å²) in [6.07, 6.45) is 6.86. The van der Waals surface area contributed by atoms with Crippen LogP contribution >= 0.6 is 35.0 Å². The molecule has 0 saturated heterocycles. The Bertz CT molecular complexity index is 800. The van der Waals surface area contributed by atoms with Gasteiger partial charge >= 0.3 is 0 Å². The Kier molecular flexibility index (Phi) is 10.5. The van der Waals surface area contributed by atoms with Gasteiger partial charge in [-0.2, -0.15) is 9.57 Å². The van der Waals surface area contributed by atoms with Crippen molar-refractivity contribution in [3.8, 4) is 6.19 Å². The Morgan fingerprint density at radius 3 is 2.30 bits per heavy atom. The number of thioether (sulfide) groups is 1. The van der Waals surface area contributed by atoms with E-state index in [0.717, 1.165) is 25.7 Å². The van der Waals surface area contributed by atoms with Gasteiger partial charge in [0.25, 0.3) is 0 Å². The van der Waals surface area contributed by atoms with Crippen molar-refractivity contribution >= 4 is 55.8 Å². The summed E-state index contributed by atoms with van der Waals surface area (Å²) in [5.41, 5.74) is 0.293. The molecule has 0 spiro atoms. The van der Waals surface area contributed by atoms with Crippen molar-refractivity contribution in [2.75, 3.05) is 19.3 Å². The van der Waals surface area contributed by atoms with Crippen LogP contribution in [0.4, 0.5) is 5.69 Å². The van der Waals surface area contributed by atoms with Crippen LogP contribution in [0.15, 0.2) is 22.0 Å². The van der Waals surface area contributed by atoms with Gasteiger partial charge in [0.05, 0.1) is 15.7 Å². The van der Waals surface area contributed by atoms with Gasteiger partial charge in [-0.1, -0.05) is 61.7 Å². The molecule has 0 bridgehead atoms. The van der Waals surface area contributed by atoms with Gasteiger partial charge in [-0.15, -0.1) is 0 Å². The summed E-state index contributed by atoms with van der Waals surface area (Å²) in [6.45, 7) is 4.91. The Morgan fingerprint density at radius 2 is 1.81 bits per heavy atom. The molecule has 150 valence electrons. The van der Waals surface area contributed by atoms with E-state index < -0.39 is 10.0 Å². The molecule has 27 heavy (non-hydrogen) atoms. The third-order valence-electron chi connectivity index (χ3n) is 3.72. The van der Waals surface area contributed by atoms with Crippen molar-refractivity contribution in [1.82, 2.24) is 9.62 Å². The second-order valence-corrected chi connectivity index (χ2v) is 9.22. The van der Waals surface area contributed by atoms with Crippen molar-refractivity contribution in [3.05, 3.63) is 22.2 Å². The molecule has 0 radical (unpaired) electrons. The van der Waals surface area contributed by atoms with E-state index in [1.54, 1.807) is 12.4 Å². The first-order valence-electron chi connectivity index (χ1n) is 8.58. The molecule has 0 fully saturated rings. The fourth-order valence-corrected chi connectivity index (χ4v) is 4.89. The van der Waals surface area contributed by atoms with Crippen LogP contribution < -0.4 is 5.32 Å². The highest BCUT2D eigenvalue weighted by Crippen LogP contribution is 2.35. The van der Waals surface area contributed by atoms with Gasteiger partial charge in [0.2, 0.25) is 10.0 Å². The molecule has 10 heteroatoms. The normalized spacial score (nSPS) is 12.3. The summed E-state index contributed by atoms with van der Waals surface area (Å²) in [7, 11) is -3.76. The first kappa shape index (κ1) is 24.1. The van der Waals surface area contributed by atoms with Crippen molar-refractivity contribution in [1.29, 1.82) is 5.26 Å². The van der Waals surface area contributed by atoms with Crippen LogP contribution in [0.3, 0.4) is 0 Å². The molecule has 0 aliphatic rings. The maximum absolute atomic E-state index is 13.1. The van der Waals surface area contributed by atoms with E-state index in [0.29, 0.717) is 23.9 Å². The lowest BCUT2D eigenvalue weighted by Crippen LogP contribution is -2.33. The van der Waals surface area contributed by atoms with Crippen LogP contribution in [0.5, 0.6) is 0 Å². The number of aliphatic imine (C=N–C) groups is 1. The topological polar surface area (TPSA) is 85.6 Å². The van der Waals surface area contributed by atoms with Gasteiger partial charge < -0.3 is 0 Å². The second kappa shape index (κ2) is 11.8. The maximum atomic E-state index is 13.1. The van der Waals surface area contributed by atoms with Crippen LogP contribution in [0.25, 0.3) is 0 Å². The Labute approximate surface area is 176 Å². The molecule has 1 aromatic rings. The fourth-order valence-electron chi connectivity index (χ4n) is 2.24. The van der Waals surface area contributed by atoms with Crippen LogP contribution in [0.1, 0.15) is 39.5 Å². The number of nitrogens with zero attached hydrogens (tertiary/aromatic N) is 3. The zero-order valence-corrected chi connectivity index (χ0v) is 18.8. The van der Waals surface area contributed by atoms with Crippen molar-refractivity contribution in [2.24, 2.45) is 4.99 Å². The molecule has 0 saturated carbocycles. The van der Waals surface area contributed by atoms with Crippen LogP contribution in [-0.4, -0.2) is 37.2 Å². The number of nitrogens with one attached hydrogen (secondary N) is 1. The molecule has 0 amide bonds. The molecule has 0 atom stereocenters. The molecule has 0 aliphatic heterocycles. The first-order chi connectivity index (χ1) is 12.8. The zero-order chi connectivity index (χ0) is 20.4. The number of sulfonamides is 1. The largest absolute Gasteiger partial charge is 0.271 e. The second-order valence-electron chi connectivity index (χ2n) is 5.70. The lowest BCUT2D eigenvalue weighted by molar-refractivity contribution is 0.395. The lowest BCUT2D eigenvalue weighted by atomic mass is 10.3. The molecule has 0 aromatic heterocycles. The van der Waals surface area contributed by atoms with Gasteiger partial charge in [-0.05, 0) is 31.2 Å². The van der Waals surface area contributed by atoms with Gasteiger partial charge in [-0.3, -0.25) is 5.32 Å². The molecular weight excluding hydrogens is 427 g/mol. The Morgan fingerprint density at radius 1 is 1.22 bits per heavy atom. The summed E-state index contributed by atoms with van der Waals surface area (Å²) in [5.74, 6) is 0. The number of amidine groups is 1. The minimum Gasteiger partial charge on any atom is -0.271 e. The number of unbranched alkanes of at least 4 members (excludes halogenated alkanes) is 2. The van der Waals surface area contributed by atoms with Crippen LogP contribution in [0.2, 0.25) is 10.0 Å². The molecule has 6 nitrogen and oxygen atoms in total. The van der Waals surface area contributed by atoms with E-state index in [4.69, 9.17) is 28.5 Å². The number of benzene rings is 1. The number of hydrogen-bond donors (Lipinski definition) is 1. The SMILES string of the molecule is CCCCN(CCCC)S(=O)(=O)c1cc(Cl)c(N=C(NC#N)SC)cc1Cl. The average molecular weight is 451 g/mol. The van der Waals surface area contributed by atoms with Crippen molar-refractivity contribution < 1.29 is 8.42 Å². The number of hydrogen-bond acceptors (Lipinski definition) is 5. The molecule has 1 aromatic carbocycles. The quantitative estimate of drug-likeness (QED) is 0.247. The molecule has 0 unspecified atom stereocenters. The van der Waals surface area contributed by atoms with Gasteiger partial charge in [0.15, 0.2) is 11.4 Å².